The molecule has 0 bridgehead atoms. The highest BCUT2D eigenvalue weighted by atomic mass is 32.1. The molecule has 148 valence electrons. The van der Waals surface area contributed by atoms with Crippen LogP contribution in [-0.4, -0.2) is 26.8 Å². The molecule has 2 N–H and O–H groups in total. The van der Waals surface area contributed by atoms with E-state index in [-0.39, 0.29) is 17.3 Å². The number of amides is 1. The summed E-state index contributed by atoms with van der Waals surface area (Å²) in [7, 11) is 0. The van der Waals surface area contributed by atoms with Crippen molar-refractivity contribution in [3.63, 3.8) is 0 Å². The SMILES string of the molecule is Cc1ccc(/C(O)=C2\C(=O)C(=O)N(c3nc4ccccc4[nH]3)C2c2cccs2)cc1. The number of carbonyl (C=O) groups excluding carboxylic acids is 2. The van der Waals surface area contributed by atoms with Gasteiger partial charge in [0.05, 0.1) is 16.6 Å². The van der Waals surface area contributed by atoms with Gasteiger partial charge in [-0.05, 0) is 30.5 Å². The summed E-state index contributed by atoms with van der Waals surface area (Å²) in [4.78, 5) is 35.9. The number of para-hydroxylation sites is 2. The fraction of sp³-hybridized carbons (Fsp3) is 0.0870. The number of aromatic nitrogens is 2. The second-order valence-electron chi connectivity index (χ2n) is 7.13. The van der Waals surface area contributed by atoms with Crippen molar-refractivity contribution >= 4 is 45.8 Å². The zero-order chi connectivity index (χ0) is 20.8. The van der Waals surface area contributed by atoms with Crippen molar-refractivity contribution in [1.82, 2.24) is 9.97 Å². The summed E-state index contributed by atoms with van der Waals surface area (Å²) in [5, 5.41) is 12.9. The van der Waals surface area contributed by atoms with Gasteiger partial charge in [-0.15, -0.1) is 11.3 Å². The summed E-state index contributed by atoms with van der Waals surface area (Å²) in [5.41, 5.74) is 3.04. The minimum Gasteiger partial charge on any atom is -0.507 e. The van der Waals surface area contributed by atoms with Crippen molar-refractivity contribution in [2.75, 3.05) is 4.90 Å². The van der Waals surface area contributed by atoms with Gasteiger partial charge in [0.1, 0.15) is 11.8 Å². The number of rotatable bonds is 3. The van der Waals surface area contributed by atoms with E-state index in [1.165, 1.54) is 16.2 Å². The van der Waals surface area contributed by atoms with E-state index in [9.17, 15) is 14.7 Å². The number of Topliss-reactive ketones (excluding diaryl/α,β-unsaturated/α-hetero) is 1. The second kappa shape index (κ2) is 6.96. The molecule has 2 aromatic heterocycles. The van der Waals surface area contributed by atoms with Crippen LogP contribution in [0.2, 0.25) is 0 Å². The molecule has 0 radical (unpaired) electrons. The Labute approximate surface area is 176 Å². The Morgan fingerprint density at radius 3 is 2.53 bits per heavy atom. The first-order valence-electron chi connectivity index (χ1n) is 9.41. The Hall–Kier alpha value is -3.71. The van der Waals surface area contributed by atoms with Gasteiger partial charge in [-0.1, -0.05) is 48.0 Å². The smallest absolute Gasteiger partial charge is 0.302 e. The summed E-state index contributed by atoms with van der Waals surface area (Å²) in [6, 6.07) is 17.5. The molecule has 4 aromatic rings. The fourth-order valence-electron chi connectivity index (χ4n) is 3.69. The number of ketones is 1. The summed E-state index contributed by atoms with van der Waals surface area (Å²) < 4.78 is 0. The van der Waals surface area contributed by atoms with Crippen LogP contribution in [-0.2, 0) is 9.59 Å². The van der Waals surface area contributed by atoms with Gasteiger partial charge in [0, 0.05) is 10.4 Å². The van der Waals surface area contributed by atoms with Gasteiger partial charge in [0.15, 0.2) is 0 Å². The molecule has 30 heavy (non-hydrogen) atoms. The maximum atomic E-state index is 13.1. The van der Waals surface area contributed by atoms with E-state index in [1.807, 2.05) is 60.8 Å². The normalized spacial score (nSPS) is 18.4. The second-order valence-corrected chi connectivity index (χ2v) is 8.11. The lowest BCUT2D eigenvalue weighted by Gasteiger charge is -2.21. The number of fused-ring (bicyclic) bond motifs is 1. The van der Waals surface area contributed by atoms with Crippen LogP contribution < -0.4 is 4.90 Å². The van der Waals surface area contributed by atoms with Crippen LogP contribution in [0.3, 0.4) is 0 Å². The number of thiophene rings is 1. The third-order valence-corrected chi connectivity index (χ3v) is 6.11. The molecule has 1 fully saturated rings. The van der Waals surface area contributed by atoms with Gasteiger partial charge in [0.2, 0.25) is 5.95 Å². The molecular weight excluding hydrogens is 398 g/mol. The van der Waals surface area contributed by atoms with Gasteiger partial charge in [-0.3, -0.25) is 14.5 Å². The molecule has 1 atom stereocenters. The molecule has 1 amide bonds. The Bertz CT molecular complexity index is 1270. The van der Waals surface area contributed by atoms with Crippen molar-refractivity contribution in [3.8, 4) is 0 Å². The van der Waals surface area contributed by atoms with Gasteiger partial charge < -0.3 is 10.1 Å². The third kappa shape index (κ3) is 2.83. The zero-order valence-electron chi connectivity index (χ0n) is 16.0. The first-order chi connectivity index (χ1) is 14.5. The summed E-state index contributed by atoms with van der Waals surface area (Å²) >= 11 is 1.42. The zero-order valence-corrected chi connectivity index (χ0v) is 16.8. The maximum absolute atomic E-state index is 13.1. The maximum Gasteiger partial charge on any atom is 0.302 e. The lowest BCUT2D eigenvalue weighted by molar-refractivity contribution is -0.132. The average Bonchev–Trinajstić information content (AvgIpc) is 3.47. The van der Waals surface area contributed by atoms with Crippen molar-refractivity contribution in [1.29, 1.82) is 0 Å². The number of hydrogen-bond acceptors (Lipinski definition) is 5. The van der Waals surface area contributed by atoms with E-state index in [2.05, 4.69) is 9.97 Å². The Kier molecular flexibility index (Phi) is 4.25. The highest BCUT2D eigenvalue weighted by Crippen LogP contribution is 2.43. The number of H-pyrrole nitrogens is 1. The van der Waals surface area contributed by atoms with Crippen LogP contribution in [0.4, 0.5) is 5.95 Å². The Morgan fingerprint density at radius 1 is 1.07 bits per heavy atom. The minimum absolute atomic E-state index is 0.0618. The lowest BCUT2D eigenvalue weighted by atomic mass is 9.99. The number of aryl methyl sites for hydroxylation is 1. The van der Waals surface area contributed by atoms with Crippen LogP contribution in [0, 0.1) is 6.92 Å². The molecule has 1 aliphatic heterocycles. The molecule has 7 heteroatoms. The summed E-state index contributed by atoms with van der Waals surface area (Å²) in [6.07, 6.45) is 0. The highest BCUT2D eigenvalue weighted by Gasteiger charge is 2.48. The standard InChI is InChI=1S/C23H17N3O3S/c1-13-8-10-14(11-9-13)20(27)18-19(17-7-4-12-30-17)26(22(29)21(18)28)23-24-15-5-2-3-6-16(15)25-23/h2-12,19,27H,1H3,(H,24,25)/b20-18+. The lowest BCUT2D eigenvalue weighted by Crippen LogP contribution is -2.30. The number of aromatic amines is 1. The molecular formula is C23H17N3O3S. The van der Waals surface area contributed by atoms with Crippen molar-refractivity contribution in [2.45, 2.75) is 13.0 Å². The van der Waals surface area contributed by atoms with Crippen molar-refractivity contribution in [2.24, 2.45) is 0 Å². The van der Waals surface area contributed by atoms with Gasteiger partial charge in [-0.2, -0.15) is 0 Å². The molecule has 5 rings (SSSR count). The van der Waals surface area contributed by atoms with Gasteiger partial charge >= 0.3 is 5.91 Å². The number of carbonyl (C=O) groups is 2. The molecule has 2 aromatic carbocycles. The van der Waals surface area contributed by atoms with Crippen molar-refractivity contribution in [3.05, 3.63) is 87.6 Å². The molecule has 0 spiro atoms. The molecule has 0 aliphatic carbocycles. The summed E-state index contributed by atoms with van der Waals surface area (Å²) in [6.45, 7) is 1.94. The molecule has 0 saturated carbocycles. The number of nitrogens with zero attached hydrogens (tertiary/aromatic N) is 2. The van der Waals surface area contributed by atoms with Crippen LogP contribution >= 0.6 is 11.3 Å². The molecule has 1 saturated heterocycles. The van der Waals surface area contributed by atoms with E-state index >= 15 is 0 Å². The van der Waals surface area contributed by atoms with Gasteiger partial charge in [-0.25, -0.2) is 4.98 Å². The predicted octanol–water partition coefficient (Wildman–Crippen LogP) is 4.56. The van der Waals surface area contributed by atoms with E-state index in [4.69, 9.17) is 0 Å². The fourth-order valence-corrected chi connectivity index (χ4v) is 4.51. The molecule has 1 aliphatic rings. The number of nitrogens with one attached hydrogen (secondary N) is 1. The first-order valence-corrected chi connectivity index (χ1v) is 10.3. The number of aliphatic hydroxyl groups excluding tert-OH is 1. The largest absolute Gasteiger partial charge is 0.507 e. The van der Waals surface area contributed by atoms with E-state index < -0.39 is 17.7 Å². The Morgan fingerprint density at radius 2 is 1.83 bits per heavy atom. The number of anilines is 1. The Balaban J connectivity index is 1.71. The average molecular weight is 415 g/mol. The summed E-state index contributed by atoms with van der Waals surface area (Å²) in [5.74, 6) is -1.36. The van der Waals surface area contributed by atoms with Crippen LogP contribution in [0.15, 0.2) is 71.6 Å². The van der Waals surface area contributed by atoms with Crippen molar-refractivity contribution < 1.29 is 14.7 Å². The van der Waals surface area contributed by atoms with Crippen LogP contribution in [0.1, 0.15) is 22.0 Å². The highest BCUT2D eigenvalue weighted by molar-refractivity contribution is 7.10. The number of hydrogen-bond donors (Lipinski definition) is 2. The molecule has 6 nitrogen and oxygen atoms in total. The van der Waals surface area contributed by atoms with E-state index in [0.717, 1.165) is 16.0 Å². The number of benzene rings is 2. The molecule has 3 heterocycles. The number of aliphatic hydroxyl groups is 1. The third-order valence-electron chi connectivity index (χ3n) is 5.19. The van der Waals surface area contributed by atoms with Crippen LogP contribution in [0.5, 0.6) is 0 Å². The van der Waals surface area contributed by atoms with Gasteiger partial charge in [0.25, 0.3) is 5.78 Å². The monoisotopic (exact) mass is 415 g/mol. The van der Waals surface area contributed by atoms with E-state index in [0.29, 0.717) is 11.1 Å². The van der Waals surface area contributed by atoms with Crippen LogP contribution in [0.25, 0.3) is 16.8 Å². The quantitative estimate of drug-likeness (QED) is 0.292. The molecule has 1 unspecified atom stereocenters. The minimum atomic E-state index is -0.758. The first kappa shape index (κ1) is 18.3. The number of imidazole rings is 1. The topological polar surface area (TPSA) is 86.3 Å². The van der Waals surface area contributed by atoms with E-state index in [1.54, 1.807) is 12.1 Å². The predicted molar refractivity (Wildman–Crippen MR) is 116 cm³/mol.